The van der Waals surface area contributed by atoms with E-state index in [4.69, 9.17) is 10.5 Å². The minimum absolute atomic E-state index is 0.0687. The molecule has 3 heteroatoms. The quantitative estimate of drug-likeness (QED) is 0.829. The molecule has 0 aromatic carbocycles. The van der Waals surface area contributed by atoms with E-state index in [1.165, 1.54) is 19.3 Å². The minimum atomic E-state index is -0.0687. The molecule has 0 amide bonds. The van der Waals surface area contributed by atoms with Gasteiger partial charge in [-0.05, 0) is 12.8 Å². The monoisotopic (exact) mass is 247 g/mol. The maximum absolute atomic E-state index is 6.18. The maximum atomic E-state index is 6.18. The molecule has 0 aromatic heterocycles. The van der Waals surface area contributed by atoms with E-state index in [0.29, 0.717) is 13.2 Å². The van der Waals surface area contributed by atoms with Crippen LogP contribution in [0.4, 0.5) is 0 Å². The van der Waals surface area contributed by atoms with Gasteiger partial charge in [0.05, 0.1) is 13.2 Å². The van der Waals surface area contributed by atoms with Crippen LogP contribution in [0.3, 0.4) is 0 Å². The van der Waals surface area contributed by atoms with E-state index in [1.807, 2.05) is 0 Å². The van der Waals surface area contributed by atoms with Gasteiger partial charge in [-0.2, -0.15) is 0 Å². The predicted octanol–water partition coefficient (Wildman–Crippen LogP) is 2.57. The third kappa shape index (κ3) is 4.25. The van der Waals surface area contributed by atoms with E-state index >= 15 is 0 Å². The summed E-state index contributed by atoms with van der Waals surface area (Å²) in [5.41, 5.74) is 6.11. The first-order valence-electron chi connectivity index (χ1n) is 4.82. The molecule has 2 N–H and O–H groups in total. The number of halogens is 1. The normalized spacial score (nSPS) is 21.4. The van der Waals surface area contributed by atoms with Crippen LogP contribution in [0.15, 0.2) is 11.1 Å². The molecule has 0 unspecified atom stereocenters. The SMILES string of the molecule is C=C(Br)COCC1(N)CCCCC1. The lowest BCUT2D eigenvalue weighted by Gasteiger charge is -2.32. The van der Waals surface area contributed by atoms with Gasteiger partial charge in [0, 0.05) is 10.0 Å². The van der Waals surface area contributed by atoms with Crippen molar-refractivity contribution in [2.24, 2.45) is 5.73 Å². The molecule has 1 saturated carbocycles. The first-order valence-corrected chi connectivity index (χ1v) is 5.62. The summed E-state index contributed by atoms with van der Waals surface area (Å²) < 4.78 is 6.35. The van der Waals surface area contributed by atoms with Crippen LogP contribution in [0.1, 0.15) is 32.1 Å². The summed E-state index contributed by atoms with van der Waals surface area (Å²) >= 11 is 3.26. The fraction of sp³-hybridized carbons (Fsp3) is 0.800. The molecule has 0 saturated heterocycles. The summed E-state index contributed by atoms with van der Waals surface area (Å²) in [6.45, 7) is 4.94. The molecule has 2 nitrogen and oxygen atoms in total. The van der Waals surface area contributed by atoms with Gasteiger partial charge in [0.25, 0.3) is 0 Å². The lowest BCUT2D eigenvalue weighted by molar-refractivity contribution is 0.0848. The van der Waals surface area contributed by atoms with E-state index < -0.39 is 0 Å². The third-order valence-electron chi connectivity index (χ3n) is 2.50. The van der Waals surface area contributed by atoms with Crippen molar-refractivity contribution in [3.05, 3.63) is 11.1 Å². The van der Waals surface area contributed by atoms with Gasteiger partial charge in [-0.15, -0.1) is 0 Å². The summed E-state index contributed by atoms with van der Waals surface area (Å²) in [6, 6.07) is 0. The third-order valence-corrected chi connectivity index (χ3v) is 2.73. The molecule has 13 heavy (non-hydrogen) atoms. The zero-order valence-electron chi connectivity index (χ0n) is 8.02. The van der Waals surface area contributed by atoms with Gasteiger partial charge in [0.15, 0.2) is 0 Å². The van der Waals surface area contributed by atoms with E-state index in [1.54, 1.807) is 0 Å². The highest BCUT2D eigenvalue weighted by atomic mass is 79.9. The molecule has 1 aliphatic rings. The Hall–Kier alpha value is 0.140. The Labute approximate surface area is 88.6 Å². The van der Waals surface area contributed by atoms with E-state index in [2.05, 4.69) is 22.5 Å². The van der Waals surface area contributed by atoms with Crippen molar-refractivity contribution in [2.75, 3.05) is 13.2 Å². The summed E-state index contributed by atoms with van der Waals surface area (Å²) in [5, 5.41) is 0. The first kappa shape index (κ1) is 11.2. The van der Waals surface area contributed by atoms with Crippen molar-refractivity contribution in [2.45, 2.75) is 37.6 Å². The number of hydrogen-bond acceptors (Lipinski definition) is 2. The average Bonchev–Trinajstić information content (AvgIpc) is 2.04. The molecule has 76 valence electrons. The van der Waals surface area contributed by atoms with Gasteiger partial charge in [-0.1, -0.05) is 41.8 Å². The summed E-state index contributed by atoms with van der Waals surface area (Å²) in [4.78, 5) is 0. The van der Waals surface area contributed by atoms with Gasteiger partial charge in [-0.25, -0.2) is 0 Å². The van der Waals surface area contributed by atoms with Crippen molar-refractivity contribution in [3.8, 4) is 0 Å². The first-order chi connectivity index (χ1) is 6.12. The lowest BCUT2D eigenvalue weighted by Crippen LogP contribution is -2.46. The van der Waals surface area contributed by atoms with Gasteiger partial charge >= 0.3 is 0 Å². The fourth-order valence-electron chi connectivity index (χ4n) is 1.77. The Bertz CT molecular complexity index is 176. The molecule has 0 radical (unpaired) electrons. The van der Waals surface area contributed by atoms with Crippen LogP contribution in [-0.4, -0.2) is 18.8 Å². The number of nitrogens with two attached hydrogens (primary N) is 1. The molecule has 0 aromatic rings. The molecule has 0 atom stereocenters. The Balaban J connectivity index is 2.21. The van der Waals surface area contributed by atoms with Crippen molar-refractivity contribution >= 4 is 15.9 Å². The Morgan fingerprint density at radius 3 is 2.54 bits per heavy atom. The smallest absolute Gasteiger partial charge is 0.0776 e. The van der Waals surface area contributed by atoms with Crippen LogP contribution in [0.5, 0.6) is 0 Å². The van der Waals surface area contributed by atoms with E-state index in [-0.39, 0.29) is 5.54 Å². The van der Waals surface area contributed by atoms with Crippen LogP contribution in [0, 0.1) is 0 Å². The summed E-state index contributed by atoms with van der Waals surface area (Å²) in [5.74, 6) is 0. The largest absolute Gasteiger partial charge is 0.374 e. The molecular weight excluding hydrogens is 230 g/mol. The average molecular weight is 248 g/mol. The lowest BCUT2D eigenvalue weighted by atomic mass is 9.83. The summed E-state index contributed by atoms with van der Waals surface area (Å²) in [6.07, 6.45) is 6.01. The van der Waals surface area contributed by atoms with Crippen LogP contribution in [-0.2, 0) is 4.74 Å². The second kappa shape index (κ2) is 5.13. The molecule has 0 heterocycles. The number of rotatable bonds is 4. The van der Waals surface area contributed by atoms with Crippen molar-refractivity contribution in [3.63, 3.8) is 0 Å². The highest BCUT2D eigenvalue weighted by molar-refractivity contribution is 9.11. The standard InChI is InChI=1S/C10H18BrNO/c1-9(11)7-13-8-10(12)5-3-2-4-6-10/h1-8,12H2. The van der Waals surface area contributed by atoms with E-state index in [9.17, 15) is 0 Å². The molecule has 1 fully saturated rings. The van der Waals surface area contributed by atoms with Gasteiger partial charge in [0.1, 0.15) is 0 Å². The van der Waals surface area contributed by atoms with Crippen LogP contribution in [0.25, 0.3) is 0 Å². The number of hydrogen-bond donors (Lipinski definition) is 1. The Morgan fingerprint density at radius 2 is 2.00 bits per heavy atom. The molecule has 1 rings (SSSR count). The van der Waals surface area contributed by atoms with Crippen molar-refractivity contribution < 1.29 is 4.74 Å². The molecular formula is C10H18BrNO. The van der Waals surface area contributed by atoms with Gasteiger partial charge in [-0.3, -0.25) is 0 Å². The van der Waals surface area contributed by atoms with Gasteiger partial charge in [0.2, 0.25) is 0 Å². The van der Waals surface area contributed by atoms with Crippen LogP contribution in [0.2, 0.25) is 0 Å². The topological polar surface area (TPSA) is 35.2 Å². The maximum Gasteiger partial charge on any atom is 0.0776 e. The minimum Gasteiger partial charge on any atom is -0.374 e. The van der Waals surface area contributed by atoms with Crippen molar-refractivity contribution in [1.29, 1.82) is 0 Å². The molecule has 0 spiro atoms. The second-order valence-corrected chi connectivity index (χ2v) is 5.05. The Kier molecular flexibility index (Phi) is 4.42. The second-order valence-electron chi connectivity index (χ2n) is 3.93. The fourth-order valence-corrected chi connectivity index (χ4v) is 1.93. The van der Waals surface area contributed by atoms with Crippen molar-refractivity contribution in [1.82, 2.24) is 0 Å². The van der Waals surface area contributed by atoms with E-state index in [0.717, 1.165) is 17.3 Å². The predicted molar refractivity (Wildman–Crippen MR) is 58.9 cm³/mol. The van der Waals surface area contributed by atoms with Crippen LogP contribution >= 0.6 is 15.9 Å². The number of ether oxygens (including phenoxy) is 1. The van der Waals surface area contributed by atoms with Gasteiger partial charge < -0.3 is 10.5 Å². The summed E-state index contributed by atoms with van der Waals surface area (Å²) in [7, 11) is 0. The highest BCUT2D eigenvalue weighted by Gasteiger charge is 2.27. The zero-order valence-corrected chi connectivity index (χ0v) is 9.61. The molecule has 0 aliphatic heterocycles. The molecule has 0 bridgehead atoms. The molecule has 1 aliphatic carbocycles. The van der Waals surface area contributed by atoms with Crippen LogP contribution < -0.4 is 5.73 Å². The zero-order chi connectivity index (χ0) is 9.73. The highest BCUT2D eigenvalue weighted by Crippen LogP contribution is 2.26. The Morgan fingerprint density at radius 1 is 1.38 bits per heavy atom.